The molecule has 0 unspecified atom stereocenters. The Bertz CT molecular complexity index is 1630. The van der Waals surface area contributed by atoms with Gasteiger partial charge in [0.25, 0.3) is 5.56 Å². The van der Waals surface area contributed by atoms with E-state index in [-0.39, 0.29) is 17.9 Å². The molecule has 0 aliphatic heterocycles. The van der Waals surface area contributed by atoms with Crippen molar-refractivity contribution in [2.45, 2.75) is 13.5 Å². The highest BCUT2D eigenvalue weighted by Crippen LogP contribution is 2.33. The number of aryl methyl sites for hydroxylation is 1. The van der Waals surface area contributed by atoms with Crippen LogP contribution in [0.15, 0.2) is 93.1 Å². The van der Waals surface area contributed by atoms with Gasteiger partial charge in [-0.05, 0) is 42.3 Å². The summed E-state index contributed by atoms with van der Waals surface area (Å²) in [6.07, 6.45) is 1.32. The zero-order valence-electron chi connectivity index (χ0n) is 17.6. The van der Waals surface area contributed by atoms with E-state index in [1.165, 1.54) is 17.0 Å². The summed E-state index contributed by atoms with van der Waals surface area (Å²) in [6.45, 7) is 1.41. The molecule has 162 valence electrons. The van der Waals surface area contributed by atoms with Crippen molar-refractivity contribution in [3.8, 4) is 16.9 Å². The van der Waals surface area contributed by atoms with Gasteiger partial charge in [-0.15, -0.1) is 0 Å². The van der Waals surface area contributed by atoms with E-state index in [4.69, 9.17) is 9.15 Å². The molecule has 0 N–H and O–H groups in total. The smallest absolute Gasteiger partial charge is 0.336 e. The number of carbonyl (C=O) groups excluding carboxylic acids is 1. The number of para-hydroxylation sites is 1. The van der Waals surface area contributed by atoms with Crippen LogP contribution in [0.5, 0.6) is 5.75 Å². The molecule has 0 aliphatic rings. The predicted octanol–water partition coefficient (Wildman–Crippen LogP) is 4.08. The maximum atomic E-state index is 12.6. The van der Waals surface area contributed by atoms with Gasteiger partial charge in [-0.2, -0.15) is 0 Å². The fraction of sp³-hybridized carbons (Fsp3) is 0.0769. The second-order valence-electron chi connectivity index (χ2n) is 7.58. The van der Waals surface area contributed by atoms with Crippen LogP contribution in [0.1, 0.15) is 5.56 Å². The van der Waals surface area contributed by atoms with Crippen LogP contribution in [0.25, 0.3) is 33.0 Å². The summed E-state index contributed by atoms with van der Waals surface area (Å²) < 4.78 is 12.2. The lowest BCUT2D eigenvalue weighted by molar-refractivity contribution is -0.135. The van der Waals surface area contributed by atoms with Crippen molar-refractivity contribution in [3.05, 3.63) is 105 Å². The van der Waals surface area contributed by atoms with Crippen LogP contribution in [-0.4, -0.2) is 15.5 Å². The van der Waals surface area contributed by atoms with Crippen molar-refractivity contribution in [2.24, 2.45) is 0 Å². The Kier molecular flexibility index (Phi) is 5.06. The average molecular weight is 438 g/mol. The standard InChI is InChI=1S/C26H18N2O5/c1-16-22(32-24(30)14-28-15-27-21-10-6-5-9-19(21)26(28)31)12-11-18-20(13-23(29)33-25(16)18)17-7-3-2-4-8-17/h2-13,15H,14H2,1H3. The van der Waals surface area contributed by atoms with Gasteiger partial charge in [0, 0.05) is 17.0 Å². The topological polar surface area (TPSA) is 91.4 Å². The lowest BCUT2D eigenvalue weighted by atomic mass is 10.0. The lowest BCUT2D eigenvalue weighted by Gasteiger charge is -2.12. The molecule has 2 aromatic heterocycles. The number of benzene rings is 3. The van der Waals surface area contributed by atoms with Gasteiger partial charge in [0.2, 0.25) is 0 Å². The Morgan fingerprint density at radius 1 is 0.970 bits per heavy atom. The van der Waals surface area contributed by atoms with E-state index in [0.29, 0.717) is 22.0 Å². The highest BCUT2D eigenvalue weighted by atomic mass is 16.5. The number of ether oxygens (including phenoxy) is 1. The molecule has 0 aliphatic carbocycles. The number of carbonyl (C=O) groups is 1. The predicted molar refractivity (Wildman–Crippen MR) is 124 cm³/mol. The van der Waals surface area contributed by atoms with E-state index in [1.54, 1.807) is 43.3 Å². The second kappa shape index (κ2) is 8.20. The first-order chi connectivity index (χ1) is 16.0. The number of hydrogen-bond donors (Lipinski definition) is 0. The molecule has 7 heteroatoms. The Hall–Kier alpha value is -4.52. The first kappa shape index (κ1) is 20.4. The molecule has 0 fully saturated rings. The SMILES string of the molecule is Cc1c(OC(=O)Cn2cnc3ccccc3c2=O)ccc2c(-c3ccccc3)cc(=O)oc12. The first-order valence-electron chi connectivity index (χ1n) is 10.3. The second-order valence-corrected chi connectivity index (χ2v) is 7.58. The molecule has 0 amide bonds. The maximum Gasteiger partial charge on any atom is 0.336 e. The van der Waals surface area contributed by atoms with Crippen LogP contribution in [0.2, 0.25) is 0 Å². The van der Waals surface area contributed by atoms with E-state index >= 15 is 0 Å². The van der Waals surface area contributed by atoms with Crippen LogP contribution in [-0.2, 0) is 11.3 Å². The molecule has 3 aromatic carbocycles. The fourth-order valence-electron chi connectivity index (χ4n) is 3.82. The van der Waals surface area contributed by atoms with E-state index in [1.807, 2.05) is 30.3 Å². The molecule has 0 bridgehead atoms. The molecule has 5 aromatic rings. The quantitative estimate of drug-likeness (QED) is 0.239. The fourth-order valence-corrected chi connectivity index (χ4v) is 3.82. The monoisotopic (exact) mass is 438 g/mol. The zero-order chi connectivity index (χ0) is 22.9. The average Bonchev–Trinajstić information content (AvgIpc) is 2.83. The third-order valence-electron chi connectivity index (χ3n) is 5.45. The third kappa shape index (κ3) is 3.80. The van der Waals surface area contributed by atoms with Crippen LogP contribution < -0.4 is 15.9 Å². The highest BCUT2D eigenvalue weighted by molar-refractivity contribution is 5.96. The van der Waals surface area contributed by atoms with Crippen molar-refractivity contribution in [3.63, 3.8) is 0 Å². The summed E-state index contributed by atoms with van der Waals surface area (Å²) in [5.41, 5.74) is 2.20. The summed E-state index contributed by atoms with van der Waals surface area (Å²) >= 11 is 0. The normalized spacial score (nSPS) is 11.1. The van der Waals surface area contributed by atoms with E-state index in [0.717, 1.165) is 16.5 Å². The van der Waals surface area contributed by atoms with E-state index in [2.05, 4.69) is 4.98 Å². The van der Waals surface area contributed by atoms with Crippen molar-refractivity contribution in [1.29, 1.82) is 0 Å². The molecule has 0 atom stereocenters. The van der Waals surface area contributed by atoms with Crippen LogP contribution in [0.4, 0.5) is 0 Å². The molecule has 33 heavy (non-hydrogen) atoms. The summed E-state index contributed by atoms with van der Waals surface area (Å²) in [5.74, 6) is -0.388. The van der Waals surface area contributed by atoms with Gasteiger partial charge in [0.1, 0.15) is 17.9 Å². The minimum Gasteiger partial charge on any atom is -0.425 e. The molecule has 0 radical (unpaired) electrons. The van der Waals surface area contributed by atoms with Gasteiger partial charge in [0.05, 0.1) is 17.2 Å². The van der Waals surface area contributed by atoms with Crippen LogP contribution in [0.3, 0.4) is 0 Å². The van der Waals surface area contributed by atoms with E-state index < -0.39 is 11.6 Å². The van der Waals surface area contributed by atoms with Crippen molar-refractivity contribution >= 4 is 27.8 Å². The Labute approximate surface area is 187 Å². The first-order valence-corrected chi connectivity index (χ1v) is 10.3. The molecule has 5 rings (SSSR count). The van der Waals surface area contributed by atoms with Gasteiger partial charge in [-0.1, -0.05) is 42.5 Å². The molecule has 0 saturated heterocycles. The van der Waals surface area contributed by atoms with Gasteiger partial charge in [-0.25, -0.2) is 14.6 Å². The maximum absolute atomic E-state index is 12.6. The summed E-state index contributed by atoms with van der Waals surface area (Å²) in [5, 5.41) is 1.15. The van der Waals surface area contributed by atoms with Gasteiger partial charge >= 0.3 is 11.6 Å². The van der Waals surface area contributed by atoms with Crippen molar-refractivity contribution in [2.75, 3.05) is 0 Å². The number of aromatic nitrogens is 2. The van der Waals surface area contributed by atoms with E-state index in [9.17, 15) is 14.4 Å². The van der Waals surface area contributed by atoms with Crippen LogP contribution >= 0.6 is 0 Å². The number of nitrogens with zero attached hydrogens (tertiary/aromatic N) is 2. The third-order valence-corrected chi connectivity index (χ3v) is 5.45. The highest BCUT2D eigenvalue weighted by Gasteiger charge is 2.16. The molecule has 2 heterocycles. The number of hydrogen-bond acceptors (Lipinski definition) is 6. The Morgan fingerprint density at radius 2 is 1.73 bits per heavy atom. The summed E-state index contributed by atoms with van der Waals surface area (Å²) in [4.78, 5) is 41.7. The molecular weight excluding hydrogens is 420 g/mol. The summed E-state index contributed by atoms with van der Waals surface area (Å²) in [7, 11) is 0. The summed E-state index contributed by atoms with van der Waals surface area (Å²) in [6, 6.07) is 21.3. The van der Waals surface area contributed by atoms with Crippen molar-refractivity contribution in [1.82, 2.24) is 9.55 Å². The van der Waals surface area contributed by atoms with Crippen molar-refractivity contribution < 1.29 is 13.9 Å². The molecule has 7 nitrogen and oxygen atoms in total. The van der Waals surface area contributed by atoms with Gasteiger partial charge in [0.15, 0.2) is 0 Å². The Morgan fingerprint density at radius 3 is 2.55 bits per heavy atom. The minimum atomic E-state index is -0.641. The largest absolute Gasteiger partial charge is 0.425 e. The Balaban J connectivity index is 1.48. The molecular formula is C26H18N2O5. The van der Waals surface area contributed by atoms with Gasteiger partial charge in [-0.3, -0.25) is 9.36 Å². The molecule has 0 saturated carbocycles. The number of rotatable bonds is 4. The zero-order valence-corrected chi connectivity index (χ0v) is 17.6. The number of fused-ring (bicyclic) bond motifs is 2. The molecule has 0 spiro atoms. The minimum absolute atomic E-state index is 0.252. The van der Waals surface area contributed by atoms with Crippen LogP contribution in [0, 0.1) is 6.92 Å². The lowest BCUT2D eigenvalue weighted by Crippen LogP contribution is -2.27. The van der Waals surface area contributed by atoms with Gasteiger partial charge < -0.3 is 9.15 Å². The number of esters is 1.